The number of thiocarbonyl (C=S) groups is 1. The molecule has 0 aliphatic carbocycles. The van der Waals surface area contributed by atoms with Gasteiger partial charge in [0.15, 0.2) is 21.7 Å². The van der Waals surface area contributed by atoms with Gasteiger partial charge in [0.25, 0.3) is 11.8 Å². The van der Waals surface area contributed by atoms with Crippen LogP contribution in [0.15, 0.2) is 85.2 Å². The number of aromatic nitrogens is 3. The largest absolute Gasteiger partial charge is 1.00 e. The minimum atomic E-state index is -0.286. The van der Waals surface area contributed by atoms with Crippen LogP contribution in [0.1, 0.15) is 31.8 Å². The third kappa shape index (κ3) is 10.5. The van der Waals surface area contributed by atoms with Crippen LogP contribution in [0.5, 0.6) is 0 Å². The van der Waals surface area contributed by atoms with Gasteiger partial charge in [-0.1, -0.05) is 59.3 Å². The zero-order valence-corrected chi connectivity index (χ0v) is 27.7. The Labute approximate surface area is 280 Å². The van der Waals surface area contributed by atoms with Crippen molar-refractivity contribution in [2.45, 2.75) is 13.8 Å². The second-order valence-corrected chi connectivity index (χ2v) is 10.1. The van der Waals surface area contributed by atoms with Crippen LogP contribution in [0.2, 0.25) is 5.02 Å². The van der Waals surface area contributed by atoms with E-state index >= 15 is 0 Å². The van der Waals surface area contributed by atoms with Crippen LogP contribution < -0.4 is 50.6 Å². The number of carbonyl (C=O) groups is 2. The third-order valence-corrected chi connectivity index (χ3v) is 6.51. The van der Waals surface area contributed by atoms with Crippen molar-refractivity contribution in [2.75, 3.05) is 17.7 Å². The Morgan fingerprint density at radius 2 is 1.38 bits per heavy atom. The second-order valence-electron chi connectivity index (χ2n) is 8.29. The molecular weight excluding hydrogens is 603 g/mol. The van der Waals surface area contributed by atoms with Crippen molar-refractivity contribution < 1.29 is 44.3 Å². The zero-order chi connectivity index (χ0) is 29.8. The average Bonchev–Trinajstić information content (AvgIpc) is 3.38. The van der Waals surface area contributed by atoms with Gasteiger partial charge in [-0.15, -0.1) is 0 Å². The van der Waals surface area contributed by atoms with Gasteiger partial charge >= 0.3 is 29.6 Å². The van der Waals surface area contributed by atoms with Crippen molar-refractivity contribution in [3.63, 3.8) is 0 Å². The summed E-state index contributed by atoms with van der Waals surface area (Å²) in [6.45, 7) is 3.87. The fourth-order valence-corrected chi connectivity index (χ4v) is 4.63. The van der Waals surface area contributed by atoms with Gasteiger partial charge in [-0.05, 0) is 73.6 Å². The molecule has 3 aromatic heterocycles. The molecule has 0 saturated heterocycles. The van der Waals surface area contributed by atoms with Crippen LogP contribution in [0, 0.1) is 13.8 Å². The first-order chi connectivity index (χ1) is 19.8. The molecule has 0 aliphatic heterocycles. The Morgan fingerprint density at radius 1 is 0.833 bits per heavy atom. The van der Waals surface area contributed by atoms with Crippen molar-refractivity contribution in [1.82, 2.24) is 20.3 Å². The summed E-state index contributed by atoms with van der Waals surface area (Å²) in [4.78, 5) is 36.5. The van der Waals surface area contributed by atoms with E-state index in [0.29, 0.717) is 32.7 Å². The van der Waals surface area contributed by atoms with Crippen LogP contribution in [-0.4, -0.2) is 39.0 Å². The SMILES string of the molecule is C[O-].Cc1cnc(NC(=S)NC(=O)c2ccccc2)c(Cl)c1.Cc1cnc2nc(NC(=O)c3ccccc3)sc2c1.[Na+]. The molecule has 2 aromatic carbocycles. The molecule has 0 spiro atoms. The number of pyridine rings is 2. The van der Waals surface area contributed by atoms with Crippen molar-refractivity contribution in [3.8, 4) is 0 Å². The van der Waals surface area contributed by atoms with Crippen molar-refractivity contribution >= 4 is 73.4 Å². The number of rotatable bonds is 4. The molecular formula is C29H26ClN6NaO3S2. The first-order valence-corrected chi connectivity index (χ1v) is 13.7. The number of benzene rings is 2. The molecule has 5 aromatic rings. The summed E-state index contributed by atoms with van der Waals surface area (Å²) >= 11 is 12.5. The first-order valence-electron chi connectivity index (χ1n) is 12.1. The summed E-state index contributed by atoms with van der Waals surface area (Å²) in [5.74, 6) is -0.0293. The topological polar surface area (TPSA) is 132 Å². The fourth-order valence-electron chi connectivity index (χ4n) is 3.26. The van der Waals surface area contributed by atoms with E-state index in [1.165, 1.54) is 11.3 Å². The van der Waals surface area contributed by atoms with Crippen molar-refractivity contribution in [3.05, 3.63) is 112 Å². The van der Waals surface area contributed by atoms with E-state index in [4.69, 9.17) is 28.9 Å². The van der Waals surface area contributed by atoms with Crippen LogP contribution in [0.4, 0.5) is 10.9 Å². The number of nitrogens with one attached hydrogen (secondary N) is 3. The normalized spacial score (nSPS) is 9.64. The maximum Gasteiger partial charge on any atom is 1.00 e. The summed E-state index contributed by atoms with van der Waals surface area (Å²) in [6, 6.07) is 21.7. The standard InChI is InChI=1S/C14H12ClN3OS.C14H11N3OS.CH3O.Na/c1-9-7-11(15)12(16-8-9)17-14(20)18-13(19)10-5-3-2-4-6-10;1-9-7-11-12(15-8-9)16-14(19-11)17-13(18)10-5-3-2-4-6-10;1-2;/h2-8H,1H3,(H2,16,17,18,19,20);2-8H,1H3,(H,15,16,17,18);1H3;/q;;-1;+1. The Morgan fingerprint density at radius 3 is 1.98 bits per heavy atom. The number of nitrogens with zero attached hydrogens (tertiary/aromatic N) is 3. The van der Waals surface area contributed by atoms with E-state index in [-0.39, 0.29) is 46.5 Å². The number of aryl methyl sites for hydroxylation is 2. The molecule has 0 atom stereocenters. The minimum absolute atomic E-state index is 0. The van der Waals surface area contributed by atoms with E-state index in [1.54, 1.807) is 54.9 Å². The number of hydrogen-bond acceptors (Lipinski definition) is 8. The van der Waals surface area contributed by atoms with Crippen LogP contribution in [0.25, 0.3) is 10.3 Å². The van der Waals surface area contributed by atoms with Gasteiger partial charge in [-0.3, -0.25) is 20.2 Å². The van der Waals surface area contributed by atoms with Crippen LogP contribution in [-0.2, 0) is 0 Å². The molecule has 0 unspecified atom stereocenters. The molecule has 2 amide bonds. The van der Waals surface area contributed by atoms with Gasteiger partial charge in [0.1, 0.15) is 0 Å². The predicted molar refractivity (Wildman–Crippen MR) is 167 cm³/mol. The summed E-state index contributed by atoms with van der Waals surface area (Å²) in [6.07, 6.45) is 3.43. The summed E-state index contributed by atoms with van der Waals surface area (Å²) < 4.78 is 0.975. The molecule has 3 N–H and O–H groups in total. The molecule has 13 heteroatoms. The molecule has 42 heavy (non-hydrogen) atoms. The Bertz CT molecular complexity index is 1640. The summed E-state index contributed by atoms with van der Waals surface area (Å²) in [7, 11) is 0.750. The van der Waals surface area contributed by atoms with E-state index in [0.717, 1.165) is 22.9 Å². The minimum Gasteiger partial charge on any atom is -0.857 e. The molecule has 0 radical (unpaired) electrons. The van der Waals surface area contributed by atoms with Crippen molar-refractivity contribution in [1.29, 1.82) is 0 Å². The second kappa shape index (κ2) is 17.6. The number of carbonyl (C=O) groups excluding carboxylic acids is 2. The van der Waals surface area contributed by atoms with E-state index in [9.17, 15) is 9.59 Å². The number of halogens is 1. The quantitative estimate of drug-likeness (QED) is 0.204. The number of fused-ring (bicyclic) bond motifs is 1. The monoisotopic (exact) mass is 628 g/mol. The molecule has 9 nitrogen and oxygen atoms in total. The smallest absolute Gasteiger partial charge is 0.857 e. The maximum atomic E-state index is 12.0. The van der Waals surface area contributed by atoms with E-state index in [1.807, 2.05) is 44.2 Å². The summed E-state index contributed by atoms with van der Waals surface area (Å²) in [5, 5.41) is 17.6. The molecule has 0 bridgehead atoms. The first kappa shape index (κ1) is 34.9. The Balaban J connectivity index is 0.000000271. The average molecular weight is 629 g/mol. The molecule has 0 saturated carbocycles. The van der Waals surface area contributed by atoms with Gasteiger partial charge in [0.05, 0.1) is 9.72 Å². The number of hydrogen-bond donors (Lipinski definition) is 3. The molecule has 0 fully saturated rings. The zero-order valence-electron chi connectivity index (χ0n) is 23.3. The van der Waals surface area contributed by atoms with E-state index in [2.05, 4.69) is 30.9 Å². The number of anilines is 2. The van der Waals surface area contributed by atoms with Gasteiger partial charge in [-0.2, -0.15) is 12.1 Å². The van der Waals surface area contributed by atoms with E-state index < -0.39 is 0 Å². The van der Waals surface area contributed by atoms with Gasteiger partial charge in [0.2, 0.25) is 0 Å². The molecule has 210 valence electrons. The molecule has 3 heterocycles. The van der Waals surface area contributed by atoms with Crippen LogP contribution >= 0.6 is 35.2 Å². The van der Waals surface area contributed by atoms with Gasteiger partial charge in [0, 0.05) is 23.5 Å². The maximum absolute atomic E-state index is 12.0. The fraction of sp³-hybridized carbons (Fsp3) is 0.103. The summed E-state index contributed by atoms with van der Waals surface area (Å²) in [5.41, 5.74) is 3.83. The predicted octanol–water partition coefficient (Wildman–Crippen LogP) is 2.40. The van der Waals surface area contributed by atoms with Gasteiger partial charge in [-0.25, -0.2) is 9.97 Å². The van der Waals surface area contributed by atoms with Crippen LogP contribution in [0.3, 0.4) is 0 Å². The molecule has 0 aliphatic rings. The third-order valence-electron chi connectivity index (χ3n) is 5.11. The number of amides is 2. The molecule has 5 rings (SSSR count). The number of thiazole rings is 1. The Hall–Kier alpha value is -3.29. The van der Waals surface area contributed by atoms with Gasteiger partial charge < -0.3 is 10.4 Å². The Kier molecular flexibility index (Phi) is 14.6. The van der Waals surface area contributed by atoms with Crippen molar-refractivity contribution in [2.24, 2.45) is 0 Å².